The fraction of sp³-hybridized carbons (Fsp3) is 0.367. The topological polar surface area (TPSA) is 87.0 Å². The van der Waals surface area contributed by atoms with Gasteiger partial charge in [0.05, 0.1) is 24.6 Å². The van der Waals surface area contributed by atoms with Crippen LogP contribution >= 0.6 is 11.6 Å². The van der Waals surface area contributed by atoms with Crippen LogP contribution in [0.4, 0.5) is 5.82 Å². The van der Waals surface area contributed by atoms with Crippen LogP contribution in [0.15, 0.2) is 61.1 Å². The van der Waals surface area contributed by atoms with Crippen LogP contribution in [0.1, 0.15) is 37.3 Å². The van der Waals surface area contributed by atoms with Gasteiger partial charge in [-0.2, -0.15) is 5.10 Å². The van der Waals surface area contributed by atoms with E-state index in [0.717, 1.165) is 96.7 Å². The first-order chi connectivity index (χ1) is 19.1. The average Bonchev–Trinajstić information content (AvgIpc) is 3.56. The van der Waals surface area contributed by atoms with Gasteiger partial charge in [0.15, 0.2) is 5.65 Å². The number of morpholine rings is 1. The lowest BCUT2D eigenvalue weighted by atomic mass is 9.90. The quantitative estimate of drug-likeness (QED) is 0.314. The third kappa shape index (κ3) is 4.67. The molecule has 9 heteroatoms. The van der Waals surface area contributed by atoms with Gasteiger partial charge in [-0.1, -0.05) is 29.8 Å². The third-order valence-electron chi connectivity index (χ3n) is 8.38. The number of hydrogen-bond donors (Lipinski definition) is 1. The maximum absolute atomic E-state index is 6.43. The number of benzene rings is 2. The van der Waals surface area contributed by atoms with Crippen molar-refractivity contribution in [2.24, 2.45) is 0 Å². The molecule has 200 valence electrons. The summed E-state index contributed by atoms with van der Waals surface area (Å²) in [5.74, 6) is 0.474. The number of rotatable bonds is 5. The first-order valence-electron chi connectivity index (χ1n) is 13.8. The monoisotopic (exact) mass is 541 g/mol. The molecule has 0 radical (unpaired) electrons. The van der Waals surface area contributed by atoms with Crippen LogP contribution < -0.4 is 5.73 Å². The molecule has 1 saturated heterocycles. The van der Waals surface area contributed by atoms with Crippen molar-refractivity contribution in [2.75, 3.05) is 32.0 Å². The predicted molar refractivity (Wildman–Crippen MR) is 155 cm³/mol. The van der Waals surface area contributed by atoms with Crippen molar-refractivity contribution >= 4 is 39.4 Å². The minimum Gasteiger partial charge on any atom is -0.383 e. The van der Waals surface area contributed by atoms with Crippen LogP contribution in [0.2, 0.25) is 5.02 Å². The number of fused-ring (bicyclic) bond motifs is 2. The summed E-state index contributed by atoms with van der Waals surface area (Å²) in [4.78, 5) is 11.6. The lowest BCUT2D eigenvalue weighted by Gasteiger charge is -2.38. The molecule has 39 heavy (non-hydrogen) atoms. The zero-order chi connectivity index (χ0) is 26.3. The summed E-state index contributed by atoms with van der Waals surface area (Å²) in [7, 11) is 0. The van der Waals surface area contributed by atoms with E-state index < -0.39 is 0 Å². The van der Waals surface area contributed by atoms with Crippen LogP contribution in [0, 0.1) is 0 Å². The summed E-state index contributed by atoms with van der Waals surface area (Å²) in [6.45, 7) is 4.53. The number of aromatic nitrogens is 5. The lowest BCUT2D eigenvalue weighted by molar-refractivity contribution is 0.00520. The van der Waals surface area contributed by atoms with Gasteiger partial charge in [0.1, 0.15) is 17.8 Å². The lowest BCUT2D eigenvalue weighted by Crippen LogP contribution is -2.45. The third-order valence-corrected chi connectivity index (χ3v) is 8.61. The Balaban J connectivity index is 1.19. The minimum atomic E-state index is 0.301. The highest BCUT2D eigenvalue weighted by Crippen LogP contribution is 2.37. The molecule has 1 aliphatic heterocycles. The van der Waals surface area contributed by atoms with Crippen LogP contribution in [0.5, 0.6) is 0 Å². The number of ether oxygens (including phenoxy) is 1. The molecule has 0 amide bonds. The van der Waals surface area contributed by atoms with E-state index in [2.05, 4.69) is 60.6 Å². The molecule has 2 aliphatic rings. The van der Waals surface area contributed by atoms with Gasteiger partial charge < -0.3 is 15.0 Å². The maximum atomic E-state index is 6.43. The summed E-state index contributed by atoms with van der Waals surface area (Å²) in [5, 5.41) is 7.89. The standard InChI is InChI=1S/C30H32ClN7O/c31-23-3-1-2-20(16-23)18-37-11-10-21-17-22(4-9-26(21)37)28-27-29(32)33-19-34-30(27)38(35-28)25-7-5-24(6-8-25)36-12-14-39-15-13-36/h1-4,9-11,16-17,19,24-25H,5-8,12-15,18H2,(H2,32,33,34)/t24-,25-. The molecular formula is C30H32ClN7O. The van der Waals surface area contributed by atoms with Crippen LogP contribution in [0.25, 0.3) is 33.2 Å². The van der Waals surface area contributed by atoms with Gasteiger partial charge in [-0.15, -0.1) is 0 Å². The van der Waals surface area contributed by atoms with Gasteiger partial charge in [-0.25, -0.2) is 14.6 Å². The van der Waals surface area contributed by atoms with E-state index in [1.54, 1.807) is 6.33 Å². The second kappa shape index (κ2) is 10.3. The summed E-state index contributed by atoms with van der Waals surface area (Å²) in [6, 6.07) is 17.6. The van der Waals surface area contributed by atoms with Crippen molar-refractivity contribution in [3.63, 3.8) is 0 Å². The molecule has 1 aliphatic carbocycles. The van der Waals surface area contributed by atoms with E-state index in [1.165, 1.54) is 5.56 Å². The van der Waals surface area contributed by atoms with Crippen LogP contribution in [0.3, 0.4) is 0 Å². The molecule has 2 fully saturated rings. The fourth-order valence-electron chi connectivity index (χ4n) is 6.38. The second-order valence-electron chi connectivity index (χ2n) is 10.7. The highest BCUT2D eigenvalue weighted by molar-refractivity contribution is 6.30. The van der Waals surface area contributed by atoms with Crippen molar-refractivity contribution in [3.8, 4) is 11.3 Å². The smallest absolute Gasteiger partial charge is 0.164 e. The van der Waals surface area contributed by atoms with E-state index >= 15 is 0 Å². The molecule has 0 bridgehead atoms. The molecule has 2 aromatic carbocycles. The molecule has 0 unspecified atom stereocenters. The molecule has 0 spiro atoms. The highest BCUT2D eigenvalue weighted by atomic mass is 35.5. The summed E-state index contributed by atoms with van der Waals surface area (Å²) < 4.78 is 9.92. The summed E-state index contributed by atoms with van der Waals surface area (Å²) in [6.07, 6.45) is 8.15. The van der Waals surface area contributed by atoms with E-state index in [4.69, 9.17) is 27.2 Å². The number of anilines is 1. The maximum Gasteiger partial charge on any atom is 0.164 e. The van der Waals surface area contributed by atoms with Gasteiger partial charge in [-0.05, 0) is 61.6 Å². The van der Waals surface area contributed by atoms with Crippen molar-refractivity contribution in [1.82, 2.24) is 29.2 Å². The largest absolute Gasteiger partial charge is 0.383 e. The molecule has 2 N–H and O–H groups in total. The normalized spacial score (nSPS) is 20.6. The Bertz CT molecular complexity index is 1630. The number of nitrogens with zero attached hydrogens (tertiary/aromatic N) is 6. The first-order valence-corrected chi connectivity index (χ1v) is 14.2. The summed E-state index contributed by atoms with van der Waals surface area (Å²) >= 11 is 6.21. The molecule has 0 atom stereocenters. The molecule has 5 aromatic rings. The Morgan fingerprint density at radius 3 is 2.59 bits per heavy atom. The number of halogens is 1. The summed E-state index contributed by atoms with van der Waals surface area (Å²) in [5.41, 5.74) is 11.5. The molecule has 7 rings (SSSR count). The molecular weight excluding hydrogens is 510 g/mol. The zero-order valence-electron chi connectivity index (χ0n) is 21.8. The van der Waals surface area contributed by atoms with Gasteiger partial charge in [0, 0.05) is 53.4 Å². The zero-order valence-corrected chi connectivity index (χ0v) is 22.6. The Morgan fingerprint density at radius 1 is 0.949 bits per heavy atom. The molecule has 4 heterocycles. The Hall–Kier alpha value is -3.46. The van der Waals surface area contributed by atoms with Crippen molar-refractivity contribution in [1.29, 1.82) is 0 Å². The van der Waals surface area contributed by atoms with Gasteiger partial charge >= 0.3 is 0 Å². The van der Waals surface area contributed by atoms with Crippen LogP contribution in [-0.4, -0.2) is 61.6 Å². The van der Waals surface area contributed by atoms with Crippen molar-refractivity contribution in [3.05, 3.63) is 71.6 Å². The Labute approximate surface area is 232 Å². The minimum absolute atomic E-state index is 0.301. The van der Waals surface area contributed by atoms with E-state index in [9.17, 15) is 0 Å². The Kier molecular flexibility index (Phi) is 6.46. The van der Waals surface area contributed by atoms with E-state index in [1.807, 2.05) is 18.2 Å². The van der Waals surface area contributed by atoms with Gasteiger partial charge in [0.25, 0.3) is 0 Å². The van der Waals surface area contributed by atoms with Gasteiger partial charge in [-0.3, -0.25) is 4.90 Å². The van der Waals surface area contributed by atoms with Crippen molar-refractivity contribution in [2.45, 2.75) is 44.3 Å². The SMILES string of the molecule is Nc1ncnc2c1c(-c1ccc3c(ccn3Cc3cccc(Cl)c3)c1)nn2[C@H]1CC[C@H](N2CCOCC2)CC1. The second-order valence-corrected chi connectivity index (χ2v) is 11.1. The molecule has 1 saturated carbocycles. The van der Waals surface area contributed by atoms with Crippen LogP contribution in [-0.2, 0) is 11.3 Å². The fourth-order valence-corrected chi connectivity index (χ4v) is 6.59. The van der Waals surface area contributed by atoms with Gasteiger partial charge in [0.2, 0.25) is 0 Å². The average molecular weight is 542 g/mol. The van der Waals surface area contributed by atoms with E-state index in [0.29, 0.717) is 17.9 Å². The number of nitrogen functional groups attached to an aromatic ring is 1. The highest BCUT2D eigenvalue weighted by Gasteiger charge is 2.30. The predicted octanol–water partition coefficient (Wildman–Crippen LogP) is 5.55. The Morgan fingerprint density at radius 2 is 1.77 bits per heavy atom. The molecule has 8 nitrogen and oxygen atoms in total. The first kappa shape index (κ1) is 24.6. The number of nitrogens with two attached hydrogens (primary N) is 1. The molecule has 3 aromatic heterocycles. The number of hydrogen-bond acceptors (Lipinski definition) is 6. The van der Waals surface area contributed by atoms with E-state index in [-0.39, 0.29) is 0 Å². The van der Waals surface area contributed by atoms with Crippen molar-refractivity contribution < 1.29 is 4.74 Å².